The number of nitrogens with one attached hydrogen (secondary N) is 1. The molecule has 0 fully saturated rings. The van der Waals surface area contributed by atoms with Gasteiger partial charge >= 0.3 is 0 Å². The predicted octanol–water partition coefficient (Wildman–Crippen LogP) is 2.68. The first-order valence-electron chi connectivity index (χ1n) is 6.39. The van der Waals surface area contributed by atoms with Crippen molar-refractivity contribution in [1.82, 2.24) is 19.6 Å². The van der Waals surface area contributed by atoms with Crippen molar-refractivity contribution in [3.8, 4) is 0 Å². The summed E-state index contributed by atoms with van der Waals surface area (Å²) >= 11 is 1.85. The molecule has 0 saturated carbocycles. The second-order valence-corrected chi connectivity index (χ2v) is 5.73. The van der Waals surface area contributed by atoms with Gasteiger partial charge in [0.25, 0.3) is 0 Å². The third-order valence-corrected chi connectivity index (χ3v) is 4.58. The Kier molecular flexibility index (Phi) is 2.48. The van der Waals surface area contributed by atoms with Gasteiger partial charge in [0.2, 0.25) is 5.65 Å². The first-order valence-corrected chi connectivity index (χ1v) is 7.27. The Labute approximate surface area is 114 Å². The zero-order valence-corrected chi connectivity index (χ0v) is 11.1. The van der Waals surface area contributed by atoms with Gasteiger partial charge in [-0.05, 0) is 36.3 Å². The molecular weight excluding hydrogens is 258 g/mol. The van der Waals surface area contributed by atoms with Crippen molar-refractivity contribution >= 4 is 22.8 Å². The molecule has 0 radical (unpaired) electrons. The molecule has 6 heteroatoms. The van der Waals surface area contributed by atoms with Crippen LogP contribution in [0.1, 0.15) is 29.3 Å². The van der Waals surface area contributed by atoms with E-state index in [0.717, 1.165) is 17.9 Å². The lowest BCUT2D eigenvalue weighted by molar-refractivity contribution is 0.607. The Morgan fingerprint density at radius 1 is 1.42 bits per heavy atom. The number of hydrogen-bond donors (Lipinski definition) is 1. The van der Waals surface area contributed by atoms with E-state index < -0.39 is 0 Å². The molecule has 5 nitrogen and oxygen atoms in total. The van der Waals surface area contributed by atoms with E-state index >= 15 is 0 Å². The molecule has 3 aromatic heterocycles. The Hall–Kier alpha value is -1.95. The molecule has 19 heavy (non-hydrogen) atoms. The molecule has 0 saturated heterocycles. The molecule has 3 aromatic rings. The molecule has 1 N–H and O–H groups in total. The number of aryl methyl sites for hydroxylation is 1. The standard InChI is InChI=1S/C13H13N5S/c1-2-10(9-4-7-19-11(9)3-1)16-12-13-17-15-8-18(13)6-5-14-12/h4-8,10H,1-3H2,(H,14,16). The summed E-state index contributed by atoms with van der Waals surface area (Å²) in [5, 5.41) is 13.7. The van der Waals surface area contributed by atoms with Gasteiger partial charge in [0.05, 0.1) is 6.04 Å². The number of fused-ring (bicyclic) bond motifs is 2. The monoisotopic (exact) mass is 271 g/mol. The number of anilines is 1. The summed E-state index contributed by atoms with van der Waals surface area (Å²) in [4.78, 5) is 5.90. The lowest BCUT2D eigenvalue weighted by atomic mass is 9.94. The molecule has 1 aliphatic carbocycles. The highest BCUT2D eigenvalue weighted by atomic mass is 32.1. The Morgan fingerprint density at radius 3 is 3.42 bits per heavy atom. The minimum absolute atomic E-state index is 0.338. The molecule has 0 bridgehead atoms. The van der Waals surface area contributed by atoms with Crippen LogP contribution in [0.5, 0.6) is 0 Å². The molecule has 0 spiro atoms. The van der Waals surface area contributed by atoms with Crippen LogP contribution in [0, 0.1) is 0 Å². The van der Waals surface area contributed by atoms with E-state index in [1.165, 1.54) is 23.3 Å². The second kappa shape index (κ2) is 4.31. The van der Waals surface area contributed by atoms with Crippen molar-refractivity contribution in [2.75, 3.05) is 5.32 Å². The number of rotatable bonds is 2. The third-order valence-electron chi connectivity index (χ3n) is 3.58. The smallest absolute Gasteiger partial charge is 0.203 e. The van der Waals surface area contributed by atoms with Gasteiger partial charge in [-0.15, -0.1) is 21.5 Å². The predicted molar refractivity (Wildman–Crippen MR) is 74.4 cm³/mol. The van der Waals surface area contributed by atoms with E-state index in [4.69, 9.17) is 0 Å². The van der Waals surface area contributed by atoms with Gasteiger partial charge in [0.15, 0.2) is 5.82 Å². The quantitative estimate of drug-likeness (QED) is 0.778. The van der Waals surface area contributed by atoms with Crippen molar-refractivity contribution in [2.45, 2.75) is 25.3 Å². The molecule has 3 heterocycles. The minimum atomic E-state index is 0.338. The lowest BCUT2D eigenvalue weighted by Crippen LogP contribution is -2.16. The topological polar surface area (TPSA) is 55.1 Å². The molecule has 0 amide bonds. The molecule has 1 unspecified atom stereocenters. The first kappa shape index (κ1) is 10.9. The normalized spacial score (nSPS) is 18.4. The van der Waals surface area contributed by atoms with Crippen molar-refractivity contribution in [2.24, 2.45) is 0 Å². The maximum Gasteiger partial charge on any atom is 0.203 e. The minimum Gasteiger partial charge on any atom is -0.360 e. The average Bonchev–Trinajstić information content (AvgIpc) is 3.08. The SMILES string of the molecule is c1cn2cnnc2c(NC2CCCc3sccc32)n1. The van der Waals surface area contributed by atoms with Gasteiger partial charge in [-0.25, -0.2) is 4.98 Å². The van der Waals surface area contributed by atoms with Crippen LogP contribution in [0.2, 0.25) is 0 Å². The van der Waals surface area contributed by atoms with Gasteiger partial charge in [0.1, 0.15) is 6.33 Å². The second-order valence-electron chi connectivity index (χ2n) is 4.73. The van der Waals surface area contributed by atoms with Gasteiger partial charge in [0, 0.05) is 17.3 Å². The summed E-state index contributed by atoms with van der Waals surface area (Å²) in [5.41, 5.74) is 2.20. The van der Waals surface area contributed by atoms with E-state index in [-0.39, 0.29) is 0 Å². The van der Waals surface area contributed by atoms with Crippen LogP contribution >= 0.6 is 11.3 Å². The van der Waals surface area contributed by atoms with Crippen molar-refractivity contribution in [3.05, 3.63) is 40.6 Å². The molecule has 1 aliphatic rings. The maximum atomic E-state index is 4.40. The highest BCUT2D eigenvalue weighted by Crippen LogP contribution is 2.35. The highest BCUT2D eigenvalue weighted by Gasteiger charge is 2.22. The number of hydrogen-bond acceptors (Lipinski definition) is 5. The van der Waals surface area contributed by atoms with Crippen LogP contribution in [-0.4, -0.2) is 19.6 Å². The van der Waals surface area contributed by atoms with Gasteiger partial charge in [-0.2, -0.15) is 0 Å². The van der Waals surface area contributed by atoms with E-state index in [2.05, 4.69) is 31.9 Å². The van der Waals surface area contributed by atoms with Crippen LogP contribution in [0.15, 0.2) is 30.2 Å². The van der Waals surface area contributed by atoms with Crippen LogP contribution in [0.25, 0.3) is 5.65 Å². The average molecular weight is 271 g/mol. The third kappa shape index (κ3) is 1.79. The fourth-order valence-corrected chi connectivity index (χ4v) is 3.65. The van der Waals surface area contributed by atoms with Gasteiger partial charge < -0.3 is 5.32 Å². The molecule has 0 aromatic carbocycles. The fraction of sp³-hybridized carbons (Fsp3) is 0.308. The zero-order chi connectivity index (χ0) is 12.7. The van der Waals surface area contributed by atoms with Crippen LogP contribution in [0.4, 0.5) is 5.82 Å². The maximum absolute atomic E-state index is 4.40. The van der Waals surface area contributed by atoms with Crippen LogP contribution in [0.3, 0.4) is 0 Å². The van der Waals surface area contributed by atoms with E-state index in [1.807, 2.05) is 21.9 Å². The number of nitrogens with zero attached hydrogens (tertiary/aromatic N) is 4. The van der Waals surface area contributed by atoms with Crippen molar-refractivity contribution in [1.29, 1.82) is 0 Å². The highest BCUT2D eigenvalue weighted by molar-refractivity contribution is 7.10. The molecule has 96 valence electrons. The summed E-state index contributed by atoms with van der Waals surface area (Å²) < 4.78 is 1.88. The molecule has 0 aliphatic heterocycles. The number of aromatic nitrogens is 4. The number of thiophene rings is 1. The van der Waals surface area contributed by atoms with Crippen LogP contribution < -0.4 is 5.32 Å². The first-order chi connectivity index (χ1) is 9.42. The zero-order valence-electron chi connectivity index (χ0n) is 10.3. The van der Waals surface area contributed by atoms with E-state index in [0.29, 0.717) is 6.04 Å². The van der Waals surface area contributed by atoms with Gasteiger partial charge in [-0.1, -0.05) is 0 Å². The molecule has 4 rings (SSSR count). The molecule has 1 atom stereocenters. The van der Waals surface area contributed by atoms with E-state index in [1.54, 1.807) is 12.5 Å². The largest absolute Gasteiger partial charge is 0.360 e. The Morgan fingerprint density at radius 2 is 2.42 bits per heavy atom. The summed E-state index contributed by atoms with van der Waals surface area (Å²) in [7, 11) is 0. The summed E-state index contributed by atoms with van der Waals surface area (Å²) in [6, 6.07) is 2.56. The Bertz CT molecular complexity index is 716. The molecular formula is C13H13N5S. The summed E-state index contributed by atoms with van der Waals surface area (Å²) in [6.07, 6.45) is 8.89. The fourth-order valence-electron chi connectivity index (χ4n) is 2.66. The summed E-state index contributed by atoms with van der Waals surface area (Å²) in [5.74, 6) is 0.809. The van der Waals surface area contributed by atoms with Crippen molar-refractivity contribution in [3.63, 3.8) is 0 Å². The Balaban J connectivity index is 1.71. The summed E-state index contributed by atoms with van der Waals surface area (Å²) in [6.45, 7) is 0. The van der Waals surface area contributed by atoms with Crippen molar-refractivity contribution < 1.29 is 0 Å². The lowest BCUT2D eigenvalue weighted by Gasteiger charge is -2.24. The van der Waals surface area contributed by atoms with Crippen LogP contribution in [-0.2, 0) is 6.42 Å². The van der Waals surface area contributed by atoms with Gasteiger partial charge in [-0.3, -0.25) is 4.40 Å². The van der Waals surface area contributed by atoms with E-state index in [9.17, 15) is 0 Å².